The summed E-state index contributed by atoms with van der Waals surface area (Å²) in [6, 6.07) is 0. The molecule has 0 heterocycles. The maximum atomic E-state index is 11.7. The fourth-order valence-electron chi connectivity index (χ4n) is 7.05. The molecule has 0 aliphatic heterocycles. The highest BCUT2D eigenvalue weighted by Crippen LogP contribution is 2.66. The van der Waals surface area contributed by atoms with Crippen LogP contribution >= 0.6 is 0 Å². The fourth-order valence-corrected chi connectivity index (χ4v) is 7.05. The third-order valence-corrected chi connectivity index (χ3v) is 8.38. The molecule has 0 radical (unpaired) electrons. The van der Waals surface area contributed by atoms with E-state index in [9.17, 15) is 15.0 Å². The highest BCUT2D eigenvalue weighted by molar-refractivity contribution is 5.71. The Morgan fingerprint density at radius 2 is 1.91 bits per heavy atom. The molecule has 0 bridgehead atoms. The van der Waals surface area contributed by atoms with E-state index in [2.05, 4.69) is 19.9 Å². The van der Waals surface area contributed by atoms with Crippen molar-refractivity contribution in [1.82, 2.24) is 0 Å². The minimum Gasteiger partial charge on any atom is -0.481 e. The van der Waals surface area contributed by atoms with Gasteiger partial charge < -0.3 is 10.2 Å². The van der Waals surface area contributed by atoms with Crippen LogP contribution in [0.1, 0.15) is 65.2 Å². The molecule has 3 saturated carbocycles. The molecule has 128 valence electrons. The molecule has 3 heteroatoms. The van der Waals surface area contributed by atoms with Crippen LogP contribution in [0.3, 0.4) is 0 Å². The van der Waals surface area contributed by atoms with Gasteiger partial charge in [0.15, 0.2) is 0 Å². The molecule has 0 aromatic rings. The molecule has 0 unspecified atom stereocenters. The van der Waals surface area contributed by atoms with Gasteiger partial charge in [0.05, 0.1) is 12.0 Å². The Balaban J connectivity index is 1.66. The van der Waals surface area contributed by atoms with E-state index < -0.39 is 5.97 Å². The predicted molar refractivity (Wildman–Crippen MR) is 88.8 cm³/mol. The Morgan fingerprint density at radius 3 is 2.65 bits per heavy atom. The lowest BCUT2D eigenvalue weighted by Gasteiger charge is -2.57. The molecule has 0 aromatic carbocycles. The minimum absolute atomic E-state index is 0.00286. The second kappa shape index (κ2) is 5.08. The first kappa shape index (κ1) is 15.7. The Kier molecular flexibility index (Phi) is 3.46. The monoisotopic (exact) mass is 318 g/mol. The van der Waals surface area contributed by atoms with E-state index >= 15 is 0 Å². The molecule has 0 amide bonds. The maximum Gasteiger partial charge on any atom is 0.307 e. The van der Waals surface area contributed by atoms with Crippen molar-refractivity contribution < 1.29 is 15.0 Å². The first-order valence-electron chi connectivity index (χ1n) is 9.46. The van der Waals surface area contributed by atoms with Crippen molar-refractivity contribution >= 4 is 5.97 Å². The van der Waals surface area contributed by atoms with E-state index in [4.69, 9.17) is 0 Å². The van der Waals surface area contributed by atoms with Gasteiger partial charge in [0.1, 0.15) is 0 Å². The quantitative estimate of drug-likeness (QED) is 0.718. The van der Waals surface area contributed by atoms with Gasteiger partial charge in [0, 0.05) is 0 Å². The Labute approximate surface area is 139 Å². The van der Waals surface area contributed by atoms with E-state index in [0.717, 1.165) is 44.9 Å². The lowest BCUT2D eigenvalue weighted by Crippen LogP contribution is -2.51. The summed E-state index contributed by atoms with van der Waals surface area (Å²) in [6.45, 7) is 4.68. The van der Waals surface area contributed by atoms with Crippen LogP contribution in [0.15, 0.2) is 11.6 Å². The molecular weight excluding hydrogens is 288 g/mol. The molecule has 0 aromatic heterocycles. The van der Waals surface area contributed by atoms with Crippen molar-refractivity contribution in [3.05, 3.63) is 11.6 Å². The average molecular weight is 318 g/mol. The number of hydrogen-bond acceptors (Lipinski definition) is 2. The number of rotatable bonds is 1. The van der Waals surface area contributed by atoms with Gasteiger partial charge in [-0.15, -0.1) is 0 Å². The van der Waals surface area contributed by atoms with Crippen LogP contribution in [-0.2, 0) is 4.79 Å². The zero-order chi connectivity index (χ0) is 16.4. The second-order valence-corrected chi connectivity index (χ2v) is 9.17. The van der Waals surface area contributed by atoms with Gasteiger partial charge in [-0.1, -0.05) is 25.5 Å². The molecule has 0 spiro atoms. The SMILES string of the molecule is C[C@]12CC[C@@H]3[C@H](CC=C4C[C@H](O)CC[C@@]43C)[C@H]1CC[C@H]2C(=O)O. The molecule has 3 nitrogen and oxygen atoms in total. The lowest BCUT2D eigenvalue weighted by molar-refractivity contribution is -0.148. The first-order chi connectivity index (χ1) is 10.9. The zero-order valence-electron chi connectivity index (χ0n) is 14.4. The van der Waals surface area contributed by atoms with E-state index in [1.807, 2.05) is 0 Å². The van der Waals surface area contributed by atoms with Crippen molar-refractivity contribution in [2.24, 2.45) is 34.5 Å². The highest BCUT2D eigenvalue weighted by atomic mass is 16.4. The smallest absolute Gasteiger partial charge is 0.307 e. The molecule has 23 heavy (non-hydrogen) atoms. The molecule has 7 atom stereocenters. The number of aliphatic hydroxyl groups excluding tert-OH is 1. The fraction of sp³-hybridized carbons (Fsp3) is 0.850. The molecule has 3 fully saturated rings. The van der Waals surface area contributed by atoms with Crippen LogP contribution in [0.5, 0.6) is 0 Å². The zero-order valence-corrected chi connectivity index (χ0v) is 14.4. The summed E-state index contributed by atoms with van der Waals surface area (Å²) in [5.41, 5.74) is 1.75. The van der Waals surface area contributed by atoms with E-state index in [1.165, 1.54) is 12.0 Å². The number of allylic oxidation sites excluding steroid dienone is 1. The van der Waals surface area contributed by atoms with Gasteiger partial charge in [-0.2, -0.15) is 0 Å². The summed E-state index contributed by atoms with van der Waals surface area (Å²) in [7, 11) is 0. The second-order valence-electron chi connectivity index (χ2n) is 9.17. The molecule has 2 N–H and O–H groups in total. The Bertz CT molecular complexity index is 553. The molecule has 4 aliphatic carbocycles. The minimum atomic E-state index is -0.576. The summed E-state index contributed by atoms with van der Waals surface area (Å²) >= 11 is 0. The first-order valence-corrected chi connectivity index (χ1v) is 9.46. The standard InChI is InChI=1S/C20H30O3/c1-19-9-7-13(21)11-12(19)3-4-14-15-5-6-17(18(22)23)20(15,2)10-8-16(14)19/h3,13-17,21H,4-11H2,1-2H3,(H,22,23)/t13-,14-,15-,16-,17+,19+,20+/m1/s1. The normalized spacial score (nSPS) is 52.1. The van der Waals surface area contributed by atoms with E-state index in [0.29, 0.717) is 17.8 Å². The Hall–Kier alpha value is -0.830. The van der Waals surface area contributed by atoms with Crippen LogP contribution < -0.4 is 0 Å². The van der Waals surface area contributed by atoms with Gasteiger partial charge >= 0.3 is 5.97 Å². The third-order valence-electron chi connectivity index (χ3n) is 8.38. The number of hydrogen-bond donors (Lipinski definition) is 2. The topological polar surface area (TPSA) is 57.5 Å². The van der Waals surface area contributed by atoms with Crippen LogP contribution in [0.25, 0.3) is 0 Å². The van der Waals surface area contributed by atoms with Crippen molar-refractivity contribution in [3.8, 4) is 0 Å². The summed E-state index contributed by atoms with van der Waals surface area (Å²) in [4.78, 5) is 11.7. The number of aliphatic carboxylic acids is 1. The predicted octanol–water partition coefficient (Wildman–Crippen LogP) is 4.01. The van der Waals surface area contributed by atoms with E-state index in [-0.39, 0.29) is 22.9 Å². The number of carbonyl (C=O) groups is 1. The molecule has 0 saturated heterocycles. The van der Waals surface area contributed by atoms with E-state index in [1.54, 1.807) is 0 Å². The summed E-state index contributed by atoms with van der Waals surface area (Å²) in [6.07, 6.45) is 10.5. The van der Waals surface area contributed by atoms with Crippen LogP contribution in [0.4, 0.5) is 0 Å². The van der Waals surface area contributed by atoms with Crippen molar-refractivity contribution in [2.45, 2.75) is 71.3 Å². The Morgan fingerprint density at radius 1 is 1.13 bits per heavy atom. The number of carboxylic acid groups (broad SMARTS) is 1. The summed E-state index contributed by atoms with van der Waals surface area (Å²) < 4.78 is 0. The molecule has 4 rings (SSSR count). The number of carboxylic acids is 1. The maximum absolute atomic E-state index is 11.7. The van der Waals surface area contributed by atoms with Crippen molar-refractivity contribution in [2.75, 3.05) is 0 Å². The lowest BCUT2D eigenvalue weighted by atomic mass is 9.47. The average Bonchev–Trinajstić information content (AvgIpc) is 2.85. The highest BCUT2D eigenvalue weighted by Gasteiger charge is 2.59. The van der Waals surface area contributed by atoms with Crippen molar-refractivity contribution in [3.63, 3.8) is 0 Å². The van der Waals surface area contributed by atoms with Gasteiger partial charge in [-0.3, -0.25) is 4.79 Å². The van der Waals surface area contributed by atoms with Crippen LogP contribution in [-0.4, -0.2) is 22.3 Å². The number of aliphatic hydroxyl groups is 1. The van der Waals surface area contributed by atoms with Gasteiger partial charge in [-0.25, -0.2) is 0 Å². The molecule has 4 aliphatic rings. The van der Waals surface area contributed by atoms with Crippen molar-refractivity contribution in [1.29, 1.82) is 0 Å². The van der Waals surface area contributed by atoms with Gasteiger partial charge in [0.2, 0.25) is 0 Å². The largest absolute Gasteiger partial charge is 0.481 e. The van der Waals surface area contributed by atoms with Gasteiger partial charge in [-0.05, 0) is 80.0 Å². The third kappa shape index (κ3) is 2.08. The van der Waals surface area contributed by atoms with Crippen LogP contribution in [0.2, 0.25) is 0 Å². The molecular formula is C20H30O3. The summed E-state index contributed by atoms with van der Waals surface area (Å²) in [5.74, 6) is 1.21. The van der Waals surface area contributed by atoms with Gasteiger partial charge in [0.25, 0.3) is 0 Å². The van der Waals surface area contributed by atoms with Crippen LogP contribution in [0, 0.1) is 34.5 Å². The number of fused-ring (bicyclic) bond motifs is 5. The summed E-state index contributed by atoms with van der Waals surface area (Å²) in [5, 5.41) is 19.7.